The highest BCUT2D eigenvalue weighted by molar-refractivity contribution is 7.99. The third kappa shape index (κ3) is 4.32. The summed E-state index contributed by atoms with van der Waals surface area (Å²) >= 11 is 1.16. The van der Waals surface area contributed by atoms with Crippen LogP contribution in [0.4, 0.5) is 0 Å². The van der Waals surface area contributed by atoms with Gasteiger partial charge in [0.1, 0.15) is 16.8 Å². The molecule has 158 valence electrons. The molecule has 2 heterocycles. The zero-order valence-electron chi connectivity index (χ0n) is 16.8. The van der Waals surface area contributed by atoms with Crippen molar-refractivity contribution in [2.75, 3.05) is 12.9 Å². The van der Waals surface area contributed by atoms with E-state index in [1.807, 2.05) is 54.6 Å². The molecule has 0 atom stereocenters. The highest BCUT2D eigenvalue weighted by Gasteiger charge is 2.18. The predicted octanol–water partition coefficient (Wildman–Crippen LogP) is 2.53. The molecule has 0 radical (unpaired) electrons. The fourth-order valence-electron chi connectivity index (χ4n) is 3.25. The lowest BCUT2D eigenvalue weighted by Crippen LogP contribution is -2.32. The molecule has 4 N–H and O–H groups in total. The van der Waals surface area contributed by atoms with Crippen LogP contribution in [-0.4, -0.2) is 33.3 Å². The molecule has 0 aliphatic heterocycles. The van der Waals surface area contributed by atoms with Crippen LogP contribution in [0.15, 0.2) is 70.7 Å². The molecule has 0 bridgehead atoms. The Morgan fingerprint density at radius 1 is 1.19 bits per heavy atom. The zero-order chi connectivity index (χ0) is 21.8. The molecule has 0 spiro atoms. The van der Waals surface area contributed by atoms with Gasteiger partial charge in [-0.25, -0.2) is 10.8 Å². The lowest BCUT2D eigenvalue weighted by Gasteiger charge is -2.13. The SMILES string of the molecule is COc1ccc(Cn2c(SCC(=O)NN)nc3c(-c4ccccc4)c[nH]c3c2=O)cc1. The number of thioether (sulfide) groups is 1. The third-order valence-electron chi connectivity index (χ3n) is 4.83. The summed E-state index contributed by atoms with van der Waals surface area (Å²) in [6.07, 6.45) is 1.78. The molecule has 4 rings (SSSR count). The summed E-state index contributed by atoms with van der Waals surface area (Å²) in [4.78, 5) is 32.9. The predicted molar refractivity (Wildman–Crippen MR) is 121 cm³/mol. The molecule has 4 aromatic rings. The minimum absolute atomic E-state index is 0.0438. The van der Waals surface area contributed by atoms with Gasteiger partial charge in [-0.05, 0) is 23.3 Å². The number of amides is 1. The minimum atomic E-state index is -0.354. The van der Waals surface area contributed by atoms with Crippen molar-refractivity contribution in [3.05, 3.63) is 76.7 Å². The van der Waals surface area contributed by atoms with Crippen molar-refractivity contribution >= 4 is 28.7 Å². The molecule has 0 aliphatic rings. The fraction of sp³-hybridized carbons (Fsp3) is 0.136. The van der Waals surface area contributed by atoms with E-state index in [0.717, 1.165) is 34.2 Å². The molecule has 1 amide bonds. The van der Waals surface area contributed by atoms with Crippen LogP contribution in [0, 0.1) is 0 Å². The Balaban J connectivity index is 1.81. The van der Waals surface area contributed by atoms with Crippen LogP contribution in [0.3, 0.4) is 0 Å². The van der Waals surface area contributed by atoms with Gasteiger partial charge in [0.2, 0.25) is 5.91 Å². The Labute approximate surface area is 182 Å². The Morgan fingerprint density at radius 2 is 1.94 bits per heavy atom. The number of hydrogen-bond acceptors (Lipinski definition) is 6. The lowest BCUT2D eigenvalue weighted by molar-refractivity contribution is -0.118. The molecule has 2 aromatic carbocycles. The van der Waals surface area contributed by atoms with Crippen LogP contribution in [0.25, 0.3) is 22.2 Å². The average Bonchev–Trinajstić information content (AvgIpc) is 3.24. The number of rotatable bonds is 7. The highest BCUT2D eigenvalue weighted by atomic mass is 32.2. The van der Waals surface area contributed by atoms with Crippen LogP contribution < -0.4 is 21.6 Å². The fourth-order valence-corrected chi connectivity index (χ4v) is 4.05. The van der Waals surface area contributed by atoms with Crippen molar-refractivity contribution in [3.8, 4) is 16.9 Å². The smallest absolute Gasteiger partial charge is 0.278 e. The third-order valence-corrected chi connectivity index (χ3v) is 5.80. The second-order valence-electron chi connectivity index (χ2n) is 6.78. The van der Waals surface area contributed by atoms with E-state index in [1.165, 1.54) is 0 Å². The van der Waals surface area contributed by atoms with Crippen molar-refractivity contribution in [2.24, 2.45) is 5.84 Å². The molecular formula is C22H21N5O3S. The number of aromatic amines is 1. The minimum Gasteiger partial charge on any atom is -0.497 e. The zero-order valence-corrected chi connectivity index (χ0v) is 17.6. The largest absolute Gasteiger partial charge is 0.497 e. The Bertz CT molecular complexity index is 1270. The Hall–Kier alpha value is -3.56. The van der Waals surface area contributed by atoms with Gasteiger partial charge in [0, 0.05) is 11.8 Å². The summed E-state index contributed by atoms with van der Waals surface area (Å²) in [5.41, 5.74) is 5.56. The van der Waals surface area contributed by atoms with Gasteiger partial charge in [0.15, 0.2) is 5.16 Å². The van der Waals surface area contributed by atoms with Crippen molar-refractivity contribution in [1.29, 1.82) is 0 Å². The number of fused-ring (bicyclic) bond motifs is 1. The van der Waals surface area contributed by atoms with Crippen LogP contribution in [0.1, 0.15) is 5.56 Å². The second kappa shape index (κ2) is 9.07. The number of benzene rings is 2. The number of aromatic nitrogens is 3. The topological polar surface area (TPSA) is 115 Å². The molecule has 0 saturated carbocycles. The number of nitrogens with one attached hydrogen (secondary N) is 2. The molecule has 0 unspecified atom stereocenters. The monoisotopic (exact) mass is 435 g/mol. The van der Waals surface area contributed by atoms with Crippen molar-refractivity contribution in [2.45, 2.75) is 11.7 Å². The van der Waals surface area contributed by atoms with Gasteiger partial charge >= 0.3 is 0 Å². The van der Waals surface area contributed by atoms with Gasteiger partial charge in [-0.2, -0.15) is 0 Å². The highest BCUT2D eigenvalue weighted by Crippen LogP contribution is 2.28. The van der Waals surface area contributed by atoms with E-state index in [2.05, 4.69) is 10.4 Å². The lowest BCUT2D eigenvalue weighted by atomic mass is 10.1. The van der Waals surface area contributed by atoms with Crippen LogP contribution in [0.5, 0.6) is 5.75 Å². The number of nitrogens with two attached hydrogens (primary N) is 1. The van der Waals surface area contributed by atoms with Crippen molar-refractivity contribution < 1.29 is 9.53 Å². The first kappa shape index (κ1) is 20.7. The molecule has 2 aromatic heterocycles. The summed E-state index contributed by atoms with van der Waals surface area (Å²) < 4.78 is 6.76. The number of carbonyl (C=O) groups excluding carboxylic acids is 1. The van der Waals surface area contributed by atoms with E-state index < -0.39 is 0 Å². The summed E-state index contributed by atoms with van der Waals surface area (Å²) in [6, 6.07) is 17.2. The summed E-state index contributed by atoms with van der Waals surface area (Å²) in [7, 11) is 1.60. The molecule has 0 saturated heterocycles. The maximum atomic E-state index is 13.4. The maximum Gasteiger partial charge on any atom is 0.278 e. The summed E-state index contributed by atoms with van der Waals surface area (Å²) in [5.74, 6) is 5.63. The van der Waals surface area contributed by atoms with Gasteiger partial charge in [0.05, 0.1) is 19.4 Å². The molecule has 8 nitrogen and oxygen atoms in total. The first-order chi connectivity index (χ1) is 15.1. The van der Waals surface area contributed by atoms with E-state index in [4.69, 9.17) is 15.6 Å². The Kier molecular flexibility index (Phi) is 6.06. The normalized spacial score (nSPS) is 10.9. The van der Waals surface area contributed by atoms with Crippen LogP contribution in [0.2, 0.25) is 0 Å². The van der Waals surface area contributed by atoms with Crippen molar-refractivity contribution in [3.63, 3.8) is 0 Å². The summed E-state index contributed by atoms with van der Waals surface area (Å²) in [6.45, 7) is 0.304. The quantitative estimate of drug-likeness (QED) is 0.135. The maximum absolute atomic E-state index is 13.4. The van der Waals surface area contributed by atoms with Crippen LogP contribution in [-0.2, 0) is 11.3 Å². The summed E-state index contributed by atoms with van der Waals surface area (Å²) in [5, 5.41) is 0.439. The molecule has 0 aliphatic carbocycles. The molecular weight excluding hydrogens is 414 g/mol. The molecule has 31 heavy (non-hydrogen) atoms. The van der Waals surface area contributed by atoms with Gasteiger partial charge in [0.25, 0.3) is 5.56 Å². The number of hydrogen-bond donors (Lipinski definition) is 3. The van der Waals surface area contributed by atoms with Gasteiger partial charge < -0.3 is 9.72 Å². The average molecular weight is 436 g/mol. The van der Waals surface area contributed by atoms with E-state index in [9.17, 15) is 9.59 Å². The van der Waals surface area contributed by atoms with Gasteiger partial charge in [-0.15, -0.1) is 0 Å². The molecule has 9 heteroatoms. The molecule has 0 fully saturated rings. The van der Waals surface area contributed by atoms with Gasteiger partial charge in [-0.3, -0.25) is 19.6 Å². The van der Waals surface area contributed by atoms with E-state index in [1.54, 1.807) is 17.9 Å². The number of nitrogens with zero attached hydrogens (tertiary/aromatic N) is 2. The number of ether oxygens (including phenoxy) is 1. The standard InChI is InChI=1S/C22H21N5O3S/c1-30-16-9-7-14(8-10-16)12-27-21(29)20-19(25-22(27)31-13-18(28)26-23)17(11-24-20)15-5-3-2-4-6-15/h2-11,24H,12-13,23H2,1H3,(H,26,28). The van der Waals surface area contributed by atoms with Crippen molar-refractivity contribution in [1.82, 2.24) is 20.0 Å². The van der Waals surface area contributed by atoms with E-state index in [0.29, 0.717) is 22.7 Å². The number of H-pyrrole nitrogens is 1. The van der Waals surface area contributed by atoms with E-state index in [-0.39, 0.29) is 17.2 Å². The first-order valence-corrected chi connectivity index (χ1v) is 10.5. The first-order valence-electron chi connectivity index (χ1n) is 9.53. The van der Waals surface area contributed by atoms with E-state index >= 15 is 0 Å². The Morgan fingerprint density at radius 3 is 2.61 bits per heavy atom. The number of carbonyl (C=O) groups is 1. The van der Waals surface area contributed by atoms with Gasteiger partial charge in [-0.1, -0.05) is 54.2 Å². The second-order valence-corrected chi connectivity index (χ2v) is 7.72. The number of hydrazine groups is 1. The van der Waals surface area contributed by atoms with Crippen LogP contribution >= 0.6 is 11.8 Å². The number of methoxy groups -OCH3 is 1.